The molecule has 4 N–H and O–H groups in total. The van der Waals surface area contributed by atoms with Crippen LogP contribution in [0.2, 0.25) is 19.6 Å². The maximum atomic E-state index is 10.7. The third-order valence-corrected chi connectivity index (χ3v) is 7.18. The summed E-state index contributed by atoms with van der Waals surface area (Å²) in [6.45, 7) is 6.20. The first-order valence-electron chi connectivity index (χ1n) is 8.66. The molecule has 6 nitrogen and oxygen atoms in total. The van der Waals surface area contributed by atoms with Gasteiger partial charge in [0.1, 0.15) is 5.75 Å². The van der Waals surface area contributed by atoms with Crippen LogP contribution in [0.1, 0.15) is 5.56 Å². The Hall–Kier alpha value is -2.90. The fraction of sp³-hybridized carbons (Fsp3) is 0.238. The summed E-state index contributed by atoms with van der Waals surface area (Å²) >= 11 is 0. The molecule has 1 aromatic rings. The van der Waals surface area contributed by atoms with Gasteiger partial charge in [0.25, 0.3) is 0 Å². The molecule has 0 heterocycles. The number of carboxylic acids is 2. The molecule has 1 aromatic carbocycles. The molecule has 1 aliphatic carbocycles. The maximum Gasteiger partial charge on any atom is 0.328 e. The monoisotopic (exact) mass is 402 g/mol. The minimum Gasteiger partial charge on any atom is -0.507 e. The number of allylic oxidation sites excluding steroid dienone is 2. The molecule has 0 fully saturated rings. The largest absolute Gasteiger partial charge is 0.507 e. The van der Waals surface area contributed by atoms with Crippen molar-refractivity contribution in [2.75, 3.05) is 0 Å². The minimum atomic E-state index is -1.84. The molecule has 0 saturated carbocycles. The summed E-state index contributed by atoms with van der Waals surface area (Å²) in [5.41, 5.74) is 0.500. The van der Waals surface area contributed by atoms with Gasteiger partial charge in [-0.1, -0.05) is 68.2 Å². The summed E-state index contributed by atoms with van der Waals surface area (Å²) in [7, 11) is -1.84. The Morgan fingerprint density at radius 3 is 2.18 bits per heavy atom. The van der Waals surface area contributed by atoms with E-state index in [0.717, 1.165) is 12.2 Å². The van der Waals surface area contributed by atoms with E-state index in [4.69, 9.17) is 10.2 Å². The van der Waals surface area contributed by atoms with Crippen molar-refractivity contribution >= 4 is 26.1 Å². The lowest BCUT2D eigenvalue weighted by molar-refractivity contribution is -0.132. The van der Waals surface area contributed by atoms with Crippen molar-refractivity contribution in [3.63, 3.8) is 0 Å². The molecule has 0 amide bonds. The molecule has 0 spiro atoms. The van der Waals surface area contributed by atoms with Gasteiger partial charge in [-0.3, -0.25) is 0 Å². The zero-order valence-electron chi connectivity index (χ0n) is 16.1. The van der Waals surface area contributed by atoms with Crippen molar-refractivity contribution in [2.45, 2.75) is 24.9 Å². The van der Waals surface area contributed by atoms with Crippen LogP contribution in [-0.2, 0) is 9.59 Å². The number of phenolic OH excluding ortho intramolecular Hbond substituents is 1. The van der Waals surface area contributed by atoms with Gasteiger partial charge in [-0.25, -0.2) is 9.59 Å². The molecule has 2 rings (SSSR count). The first kappa shape index (κ1) is 23.1. The number of carbonyl (C=O) groups is 2. The molecule has 2 unspecified atom stereocenters. The summed E-state index contributed by atoms with van der Waals surface area (Å²) in [6, 6.07) is 6.53. The van der Waals surface area contributed by atoms with Gasteiger partial charge in [0.05, 0.1) is 13.3 Å². The van der Waals surface area contributed by atoms with E-state index >= 15 is 0 Å². The number of carboxylic acid groups (broad SMARTS) is 2. The maximum absolute atomic E-state index is 10.7. The van der Waals surface area contributed by atoms with E-state index < -0.39 is 25.2 Å². The van der Waals surface area contributed by atoms with Crippen molar-refractivity contribution in [3.8, 4) is 5.75 Å². The Labute approximate surface area is 165 Å². The number of benzene rings is 1. The van der Waals surface area contributed by atoms with Gasteiger partial charge < -0.3 is 20.4 Å². The molecule has 1 aliphatic rings. The SMILES string of the molecule is C[Si](C)(C)C1(O)C=CC=CC1/C=C/C(=O)O.O=C(O)C=Cc1ccccc1O. The van der Waals surface area contributed by atoms with Gasteiger partial charge in [-0.2, -0.15) is 0 Å². The smallest absolute Gasteiger partial charge is 0.328 e. The Morgan fingerprint density at radius 2 is 1.64 bits per heavy atom. The van der Waals surface area contributed by atoms with Crippen molar-refractivity contribution in [1.29, 1.82) is 0 Å². The number of phenols is 1. The fourth-order valence-electron chi connectivity index (χ4n) is 2.58. The Kier molecular flexibility index (Phi) is 8.15. The zero-order chi connectivity index (χ0) is 21.4. The highest BCUT2D eigenvalue weighted by molar-refractivity contribution is 6.79. The number of aromatic hydroxyl groups is 1. The van der Waals surface area contributed by atoms with E-state index in [0.29, 0.717) is 5.56 Å². The molecule has 150 valence electrons. The van der Waals surface area contributed by atoms with Gasteiger partial charge in [-0.05, 0) is 12.1 Å². The summed E-state index contributed by atoms with van der Waals surface area (Å²) in [5, 5.41) is 35.8. The lowest BCUT2D eigenvalue weighted by Gasteiger charge is -2.41. The fourth-order valence-corrected chi connectivity index (χ4v) is 4.37. The van der Waals surface area contributed by atoms with Crippen LogP contribution in [0.4, 0.5) is 0 Å². The summed E-state index contributed by atoms with van der Waals surface area (Å²) < 4.78 is 0. The van der Waals surface area contributed by atoms with E-state index in [9.17, 15) is 19.8 Å². The minimum absolute atomic E-state index is 0.0787. The van der Waals surface area contributed by atoms with Gasteiger partial charge in [-0.15, -0.1) is 0 Å². The average Bonchev–Trinajstić information content (AvgIpc) is 2.60. The van der Waals surface area contributed by atoms with Crippen LogP contribution >= 0.6 is 0 Å². The molecule has 7 heteroatoms. The topological polar surface area (TPSA) is 115 Å². The van der Waals surface area contributed by atoms with Gasteiger partial charge in [0.2, 0.25) is 0 Å². The molecular weight excluding hydrogens is 376 g/mol. The van der Waals surface area contributed by atoms with Crippen LogP contribution in [0.25, 0.3) is 6.08 Å². The number of aliphatic carboxylic acids is 2. The second-order valence-corrected chi connectivity index (χ2v) is 12.6. The summed E-state index contributed by atoms with van der Waals surface area (Å²) in [4.78, 5) is 20.6. The average molecular weight is 403 g/mol. The number of rotatable bonds is 5. The van der Waals surface area contributed by atoms with Gasteiger partial charge in [0, 0.05) is 23.6 Å². The zero-order valence-corrected chi connectivity index (χ0v) is 17.1. The van der Waals surface area contributed by atoms with Crippen LogP contribution < -0.4 is 0 Å². The second kappa shape index (κ2) is 9.87. The van der Waals surface area contributed by atoms with Crippen molar-refractivity contribution in [1.82, 2.24) is 0 Å². The summed E-state index contributed by atoms with van der Waals surface area (Å²) in [6.07, 6.45) is 12.3. The molecule has 0 bridgehead atoms. The predicted octanol–water partition coefficient (Wildman–Crippen LogP) is 3.47. The van der Waals surface area contributed by atoms with E-state index in [2.05, 4.69) is 19.6 Å². The van der Waals surface area contributed by atoms with E-state index in [1.54, 1.807) is 30.4 Å². The van der Waals surface area contributed by atoms with Crippen LogP contribution in [-0.4, -0.2) is 45.7 Å². The van der Waals surface area contributed by atoms with Crippen molar-refractivity contribution in [2.24, 2.45) is 5.92 Å². The van der Waals surface area contributed by atoms with Crippen LogP contribution in [0.5, 0.6) is 5.75 Å². The van der Waals surface area contributed by atoms with Crippen molar-refractivity contribution < 1.29 is 30.0 Å². The lowest BCUT2D eigenvalue weighted by atomic mass is 9.96. The molecule has 0 radical (unpaired) electrons. The predicted molar refractivity (Wildman–Crippen MR) is 112 cm³/mol. The highest BCUT2D eigenvalue weighted by Crippen LogP contribution is 2.34. The molecule has 0 aromatic heterocycles. The van der Waals surface area contributed by atoms with Gasteiger partial charge >= 0.3 is 11.9 Å². The Morgan fingerprint density at radius 1 is 1.04 bits per heavy atom. The Bertz CT molecular complexity index is 816. The standard InChI is InChI=1S/C12H18O3Si.C9H8O3/c1-16(2,3)12(15)9-5-4-6-10(12)7-8-11(13)14;10-8-4-2-1-3-7(8)5-6-9(11)12/h4-10,15H,1-3H3,(H,13,14);1-6,10H,(H,11,12)/b8-7+;. The van der Waals surface area contributed by atoms with Crippen LogP contribution in [0.15, 0.2) is 66.8 Å². The second-order valence-electron chi connectivity index (χ2n) is 7.27. The highest BCUT2D eigenvalue weighted by atomic mass is 28.3. The van der Waals surface area contributed by atoms with E-state index in [-0.39, 0.29) is 11.7 Å². The first-order valence-corrected chi connectivity index (χ1v) is 12.2. The number of aliphatic hydroxyl groups is 1. The molecule has 28 heavy (non-hydrogen) atoms. The molecule has 0 aliphatic heterocycles. The van der Waals surface area contributed by atoms with E-state index in [1.165, 1.54) is 12.1 Å². The Balaban J connectivity index is 0.000000292. The molecule has 2 atom stereocenters. The molecule has 0 saturated heterocycles. The van der Waals surface area contributed by atoms with Crippen LogP contribution in [0, 0.1) is 5.92 Å². The number of para-hydroxylation sites is 1. The van der Waals surface area contributed by atoms with Crippen molar-refractivity contribution in [3.05, 3.63) is 72.4 Å². The number of hydrogen-bond donors (Lipinski definition) is 4. The van der Waals surface area contributed by atoms with Crippen LogP contribution in [0.3, 0.4) is 0 Å². The number of hydrogen-bond acceptors (Lipinski definition) is 4. The summed E-state index contributed by atoms with van der Waals surface area (Å²) in [5.74, 6) is -2.19. The quantitative estimate of drug-likeness (QED) is 0.443. The third-order valence-electron chi connectivity index (χ3n) is 4.28. The normalized spacial score (nSPS) is 21.5. The van der Waals surface area contributed by atoms with Gasteiger partial charge in [0.15, 0.2) is 0 Å². The molecular formula is C21H26O6Si. The first-order chi connectivity index (χ1) is 13.0. The van der Waals surface area contributed by atoms with E-state index in [1.807, 2.05) is 18.2 Å². The lowest BCUT2D eigenvalue weighted by Crippen LogP contribution is -2.55. The highest BCUT2D eigenvalue weighted by Gasteiger charge is 2.44. The third kappa shape index (κ3) is 6.68.